The summed E-state index contributed by atoms with van der Waals surface area (Å²) in [6, 6.07) is 11.8. The fraction of sp³-hybridized carbons (Fsp3) is 0.167. The number of halogens is 2. The zero-order valence-corrected chi connectivity index (χ0v) is 17.1. The van der Waals surface area contributed by atoms with Crippen LogP contribution in [-0.4, -0.2) is 30.1 Å². The molecule has 2 aromatic rings. The standard InChI is InChI=1S/C18H17Cl2N3O4S/c1-11-8-12(19)6-7-14(11)26-9-16(24)21-18(28)23-22-17(25)10-27-15-5-3-2-4-13(15)20/h2-8H,9-10H2,1H3,(H,22,25)(H2,21,23,24,28). The van der Waals surface area contributed by atoms with Crippen LogP contribution in [0.5, 0.6) is 11.5 Å². The number of hydrogen-bond donors (Lipinski definition) is 3. The highest BCUT2D eigenvalue weighted by atomic mass is 35.5. The summed E-state index contributed by atoms with van der Waals surface area (Å²) in [4.78, 5) is 23.6. The number of nitrogens with one attached hydrogen (secondary N) is 3. The number of benzene rings is 2. The topological polar surface area (TPSA) is 88.7 Å². The lowest BCUT2D eigenvalue weighted by Crippen LogP contribution is -2.50. The third kappa shape index (κ3) is 7.22. The molecule has 0 atom stereocenters. The summed E-state index contributed by atoms with van der Waals surface area (Å²) in [7, 11) is 0. The Kier molecular flexibility index (Phi) is 8.31. The van der Waals surface area contributed by atoms with Crippen molar-refractivity contribution in [3.63, 3.8) is 0 Å². The number of para-hydroxylation sites is 1. The molecule has 0 unspecified atom stereocenters. The van der Waals surface area contributed by atoms with Gasteiger partial charge in [0.25, 0.3) is 11.8 Å². The molecule has 28 heavy (non-hydrogen) atoms. The summed E-state index contributed by atoms with van der Waals surface area (Å²) in [5.74, 6) is -0.0914. The Labute approximate surface area is 177 Å². The predicted molar refractivity (Wildman–Crippen MR) is 111 cm³/mol. The lowest BCUT2D eigenvalue weighted by atomic mass is 10.2. The first-order valence-electron chi connectivity index (χ1n) is 8.00. The fourth-order valence-electron chi connectivity index (χ4n) is 1.98. The van der Waals surface area contributed by atoms with Crippen molar-refractivity contribution in [3.05, 3.63) is 58.1 Å². The van der Waals surface area contributed by atoms with E-state index in [-0.39, 0.29) is 18.3 Å². The number of amides is 2. The van der Waals surface area contributed by atoms with Crippen LogP contribution in [0.3, 0.4) is 0 Å². The molecule has 0 spiro atoms. The van der Waals surface area contributed by atoms with E-state index in [1.54, 1.807) is 42.5 Å². The average molecular weight is 442 g/mol. The van der Waals surface area contributed by atoms with Crippen molar-refractivity contribution >= 4 is 52.3 Å². The molecule has 10 heteroatoms. The van der Waals surface area contributed by atoms with Gasteiger partial charge >= 0.3 is 0 Å². The van der Waals surface area contributed by atoms with Gasteiger partial charge in [0.05, 0.1) is 5.02 Å². The molecule has 148 valence electrons. The lowest BCUT2D eigenvalue weighted by molar-refractivity contribution is -0.124. The van der Waals surface area contributed by atoms with Crippen LogP contribution in [0.4, 0.5) is 0 Å². The second-order valence-corrected chi connectivity index (χ2v) is 6.72. The Hall–Kier alpha value is -2.55. The van der Waals surface area contributed by atoms with Crippen LogP contribution in [0.15, 0.2) is 42.5 Å². The van der Waals surface area contributed by atoms with Crippen molar-refractivity contribution in [2.75, 3.05) is 13.2 Å². The highest BCUT2D eigenvalue weighted by Gasteiger charge is 2.09. The number of carbonyl (C=O) groups excluding carboxylic acids is 2. The first kappa shape index (κ1) is 21.7. The van der Waals surface area contributed by atoms with E-state index in [9.17, 15) is 9.59 Å². The van der Waals surface area contributed by atoms with Gasteiger partial charge in [0, 0.05) is 5.02 Å². The first-order valence-corrected chi connectivity index (χ1v) is 9.16. The summed E-state index contributed by atoms with van der Waals surface area (Å²) in [5.41, 5.74) is 5.49. The maximum absolute atomic E-state index is 11.9. The highest BCUT2D eigenvalue weighted by molar-refractivity contribution is 7.80. The smallest absolute Gasteiger partial charge is 0.276 e. The van der Waals surface area contributed by atoms with E-state index in [1.807, 2.05) is 6.92 Å². The van der Waals surface area contributed by atoms with Crippen LogP contribution in [0.1, 0.15) is 5.56 Å². The minimum absolute atomic E-state index is 0.0903. The van der Waals surface area contributed by atoms with Crippen molar-refractivity contribution < 1.29 is 19.1 Å². The minimum Gasteiger partial charge on any atom is -0.483 e. The maximum Gasteiger partial charge on any atom is 0.276 e. The van der Waals surface area contributed by atoms with E-state index in [0.717, 1.165) is 5.56 Å². The van der Waals surface area contributed by atoms with Crippen molar-refractivity contribution in [3.8, 4) is 11.5 Å². The highest BCUT2D eigenvalue weighted by Crippen LogP contribution is 2.23. The van der Waals surface area contributed by atoms with E-state index in [2.05, 4.69) is 16.2 Å². The summed E-state index contributed by atoms with van der Waals surface area (Å²) in [6.07, 6.45) is 0. The second kappa shape index (κ2) is 10.7. The average Bonchev–Trinajstić information content (AvgIpc) is 2.65. The van der Waals surface area contributed by atoms with Gasteiger partial charge in [-0.1, -0.05) is 35.3 Å². The number of aryl methyl sites for hydroxylation is 1. The first-order chi connectivity index (χ1) is 13.3. The van der Waals surface area contributed by atoms with Gasteiger partial charge < -0.3 is 9.47 Å². The van der Waals surface area contributed by atoms with Crippen molar-refractivity contribution in [1.82, 2.24) is 16.2 Å². The molecule has 0 radical (unpaired) electrons. The second-order valence-electron chi connectivity index (χ2n) is 5.47. The summed E-state index contributed by atoms with van der Waals surface area (Å²) >= 11 is 16.7. The molecule has 0 bridgehead atoms. The van der Waals surface area contributed by atoms with Gasteiger partial charge in [-0.05, 0) is 55.0 Å². The number of hydrazine groups is 1. The number of carbonyl (C=O) groups is 2. The molecule has 0 aliphatic carbocycles. The third-order valence-electron chi connectivity index (χ3n) is 3.26. The van der Waals surface area contributed by atoms with Gasteiger partial charge in [0.1, 0.15) is 11.5 Å². The Balaban J connectivity index is 1.67. The molecular formula is C18H17Cl2N3O4S. The molecule has 0 fully saturated rings. The van der Waals surface area contributed by atoms with Crippen LogP contribution >= 0.6 is 35.4 Å². The van der Waals surface area contributed by atoms with Crippen LogP contribution in [0.25, 0.3) is 0 Å². The van der Waals surface area contributed by atoms with Crippen molar-refractivity contribution in [1.29, 1.82) is 0 Å². The number of ether oxygens (including phenoxy) is 2. The minimum atomic E-state index is -0.510. The summed E-state index contributed by atoms with van der Waals surface area (Å²) in [5, 5.41) is 3.25. The Morgan fingerprint density at radius 3 is 2.36 bits per heavy atom. The third-order valence-corrected chi connectivity index (χ3v) is 4.01. The largest absolute Gasteiger partial charge is 0.483 e. The summed E-state index contributed by atoms with van der Waals surface area (Å²) < 4.78 is 10.7. The molecule has 2 aromatic carbocycles. The zero-order chi connectivity index (χ0) is 20.5. The SMILES string of the molecule is Cc1cc(Cl)ccc1OCC(=O)NC(=S)NNC(=O)COc1ccccc1Cl. The molecule has 0 saturated carbocycles. The predicted octanol–water partition coefficient (Wildman–Crippen LogP) is 2.78. The molecule has 0 saturated heterocycles. The van der Waals surface area contributed by atoms with Gasteiger partial charge in [0.15, 0.2) is 18.3 Å². The van der Waals surface area contributed by atoms with Gasteiger partial charge in [0.2, 0.25) is 0 Å². The van der Waals surface area contributed by atoms with Crippen LogP contribution in [0.2, 0.25) is 10.0 Å². The molecule has 0 aliphatic rings. The molecule has 2 amide bonds. The number of thiocarbonyl (C=S) groups is 1. The van der Waals surface area contributed by atoms with Gasteiger partial charge in [-0.15, -0.1) is 0 Å². The van der Waals surface area contributed by atoms with Crippen LogP contribution < -0.4 is 25.6 Å². The zero-order valence-electron chi connectivity index (χ0n) is 14.8. The normalized spacial score (nSPS) is 9.96. The van der Waals surface area contributed by atoms with Crippen molar-refractivity contribution in [2.45, 2.75) is 6.92 Å². The molecular weight excluding hydrogens is 425 g/mol. The molecule has 3 N–H and O–H groups in total. The van der Waals surface area contributed by atoms with E-state index < -0.39 is 11.8 Å². The van der Waals surface area contributed by atoms with E-state index in [1.165, 1.54) is 0 Å². The Morgan fingerprint density at radius 1 is 0.964 bits per heavy atom. The number of hydrogen-bond acceptors (Lipinski definition) is 5. The molecule has 2 rings (SSSR count). The lowest BCUT2D eigenvalue weighted by Gasteiger charge is -2.13. The van der Waals surface area contributed by atoms with E-state index >= 15 is 0 Å². The molecule has 0 aliphatic heterocycles. The summed E-state index contributed by atoms with van der Waals surface area (Å²) in [6.45, 7) is 1.27. The van der Waals surface area contributed by atoms with E-state index in [4.69, 9.17) is 44.9 Å². The van der Waals surface area contributed by atoms with Crippen LogP contribution in [0, 0.1) is 6.92 Å². The van der Waals surface area contributed by atoms with Gasteiger partial charge in [-0.3, -0.25) is 25.8 Å². The van der Waals surface area contributed by atoms with Gasteiger partial charge in [-0.25, -0.2) is 0 Å². The Morgan fingerprint density at radius 2 is 1.64 bits per heavy atom. The van der Waals surface area contributed by atoms with E-state index in [0.29, 0.717) is 21.5 Å². The molecule has 0 aromatic heterocycles. The molecule has 7 nitrogen and oxygen atoms in total. The van der Waals surface area contributed by atoms with Crippen molar-refractivity contribution in [2.24, 2.45) is 0 Å². The van der Waals surface area contributed by atoms with Crippen LogP contribution in [-0.2, 0) is 9.59 Å². The monoisotopic (exact) mass is 441 g/mol. The maximum atomic E-state index is 11.9. The fourth-order valence-corrected chi connectivity index (χ4v) is 2.56. The number of rotatable bonds is 6. The van der Waals surface area contributed by atoms with Gasteiger partial charge in [-0.2, -0.15) is 0 Å². The Bertz CT molecular complexity index is 880. The molecule has 0 heterocycles. The quantitative estimate of drug-likeness (QED) is 0.471.